The third kappa shape index (κ3) is 3.93. The molecule has 1 aliphatic rings. The highest BCUT2D eigenvalue weighted by Crippen LogP contribution is 2.27. The predicted molar refractivity (Wildman–Crippen MR) is 79.9 cm³/mol. The smallest absolute Gasteiger partial charge is 0.239 e. The molecule has 1 aliphatic heterocycles. The molecule has 112 valence electrons. The summed E-state index contributed by atoms with van der Waals surface area (Å²) in [5.41, 5.74) is 5.73. The molecular weight excluding hydrogens is 238 g/mol. The summed E-state index contributed by atoms with van der Waals surface area (Å²) in [5, 5.41) is 0. The topological polar surface area (TPSA) is 49.6 Å². The van der Waals surface area contributed by atoms with Crippen LogP contribution in [0, 0.1) is 5.41 Å². The zero-order chi connectivity index (χ0) is 14.8. The van der Waals surface area contributed by atoms with Gasteiger partial charge in [-0.2, -0.15) is 0 Å². The highest BCUT2D eigenvalue weighted by atomic mass is 16.2. The van der Waals surface area contributed by atoms with E-state index in [4.69, 9.17) is 5.73 Å². The van der Waals surface area contributed by atoms with E-state index < -0.39 is 0 Å². The van der Waals surface area contributed by atoms with Gasteiger partial charge in [0.25, 0.3) is 0 Å². The standard InChI is InChI=1S/C15H31N3O/c1-11-7-8-12(2)18(11)13(3)14(19)17(6)10-15(4,5)9-16/h11-13H,7-10,16H2,1-6H3. The lowest BCUT2D eigenvalue weighted by atomic mass is 9.93. The number of likely N-dealkylation sites (N-methyl/N-ethyl adjacent to an activating group) is 1. The van der Waals surface area contributed by atoms with Crippen LogP contribution < -0.4 is 5.73 Å². The maximum Gasteiger partial charge on any atom is 0.239 e. The second kappa shape index (κ2) is 6.23. The Morgan fingerprint density at radius 1 is 1.37 bits per heavy atom. The van der Waals surface area contributed by atoms with Gasteiger partial charge in [-0.05, 0) is 45.6 Å². The number of likely N-dealkylation sites (tertiary alicyclic amines) is 1. The van der Waals surface area contributed by atoms with E-state index in [1.54, 1.807) is 0 Å². The van der Waals surface area contributed by atoms with Gasteiger partial charge in [0.2, 0.25) is 5.91 Å². The Bertz CT molecular complexity index is 307. The van der Waals surface area contributed by atoms with Crippen LogP contribution in [-0.2, 0) is 4.79 Å². The van der Waals surface area contributed by atoms with E-state index in [0.29, 0.717) is 25.2 Å². The zero-order valence-corrected chi connectivity index (χ0v) is 13.4. The van der Waals surface area contributed by atoms with Crippen LogP contribution in [0.15, 0.2) is 0 Å². The average molecular weight is 269 g/mol. The first-order valence-corrected chi connectivity index (χ1v) is 7.42. The molecule has 0 spiro atoms. The zero-order valence-electron chi connectivity index (χ0n) is 13.4. The number of carbonyl (C=O) groups excluding carboxylic acids is 1. The van der Waals surface area contributed by atoms with Crippen LogP contribution in [0.4, 0.5) is 0 Å². The van der Waals surface area contributed by atoms with E-state index in [1.807, 2.05) is 18.9 Å². The van der Waals surface area contributed by atoms with Gasteiger partial charge in [-0.25, -0.2) is 0 Å². The molecule has 1 fully saturated rings. The number of amides is 1. The molecule has 0 bridgehead atoms. The quantitative estimate of drug-likeness (QED) is 0.826. The Balaban J connectivity index is 2.66. The van der Waals surface area contributed by atoms with E-state index in [2.05, 4.69) is 32.6 Å². The Kier molecular flexibility index (Phi) is 5.39. The van der Waals surface area contributed by atoms with Gasteiger partial charge in [-0.15, -0.1) is 0 Å². The summed E-state index contributed by atoms with van der Waals surface area (Å²) in [7, 11) is 1.89. The minimum Gasteiger partial charge on any atom is -0.344 e. The van der Waals surface area contributed by atoms with E-state index in [9.17, 15) is 4.79 Å². The Hall–Kier alpha value is -0.610. The fourth-order valence-electron chi connectivity index (χ4n) is 3.21. The van der Waals surface area contributed by atoms with E-state index >= 15 is 0 Å². The van der Waals surface area contributed by atoms with Crippen LogP contribution in [0.2, 0.25) is 0 Å². The van der Waals surface area contributed by atoms with Gasteiger partial charge in [0, 0.05) is 25.7 Å². The summed E-state index contributed by atoms with van der Waals surface area (Å²) in [6, 6.07) is 0.973. The first kappa shape index (κ1) is 16.4. The van der Waals surface area contributed by atoms with Crippen molar-refractivity contribution < 1.29 is 4.79 Å². The lowest BCUT2D eigenvalue weighted by molar-refractivity contribution is -0.137. The monoisotopic (exact) mass is 269 g/mol. The maximum atomic E-state index is 12.6. The predicted octanol–water partition coefficient (Wildman–Crippen LogP) is 1.69. The van der Waals surface area contributed by atoms with Crippen molar-refractivity contribution in [1.29, 1.82) is 0 Å². The van der Waals surface area contributed by atoms with Crippen LogP contribution in [0.25, 0.3) is 0 Å². The molecule has 0 aliphatic carbocycles. The Labute approximate surface area is 118 Å². The van der Waals surface area contributed by atoms with Gasteiger partial charge < -0.3 is 10.6 Å². The number of hydrogen-bond acceptors (Lipinski definition) is 3. The lowest BCUT2D eigenvalue weighted by Crippen LogP contribution is -2.51. The molecule has 0 aromatic rings. The largest absolute Gasteiger partial charge is 0.344 e. The molecule has 19 heavy (non-hydrogen) atoms. The Morgan fingerprint density at radius 3 is 2.26 bits per heavy atom. The van der Waals surface area contributed by atoms with Crippen molar-refractivity contribution in [3.8, 4) is 0 Å². The minimum absolute atomic E-state index is 0.0215. The third-order valence-corrected chi connectivity index (χ3v) is 4.42. The SMILES string of the molecule is CC1CCC(C)N1C(C)C(=O)N(C)CC(C)(C)CN. The van der Waals surface area contributed by atoms with Crippen molar-refractivity contribution in [1.82, 2.24) is 9.80 Å². The number of nitrogens with zero attached hydrogens (tertiary/aromatic N) is 2. The fraction of sp³-hybridized carbons (Fsp3) is 0.933. The van der Waals surface area contributed by atoms with Crippen molar-refractivity contribution in [2.24, 2.45) is 11.1 Å². The van der Waals surface area contributed by atoms with Crippen molar-refractivity contribution >= 4 is 5.91 Å². The normalized spacial score (nSPS) is 26.5. The molecule has 2 N–H and O–H groups in total. The van der Waals surface area contributed by atoms with E-state index in [1.165, 1.54) is 12.8 Å². The minimum atomic E-state index is -0.0360. The molecule has 4 heteroatoms. The second-order valence-electron chi connectivity index (χ2n) is 6.96. The molecule has 4 nitrogen and oxygen atoms in total. The van der Waals surface area contributed by atoms with Crippen molar-refractivity contribution in [3.05, 3.63) is 0 Å². The molecule has 0 aromatic heterocycles. The van der Waals surface area contributed by atoms with E-state index in [-0.39, 0.29) is 17.4 Å². The summed E-state index contributed by atoms with van der Waals surface area (Å²) in [6.45, 7) is 12.0. The highest BCUT2D eigenvalue weighted by Gasteiger charge is 2.36. The van der Waals surface area contributed by atoms with Crippen LogP contribution >= 0.6 is 0 Å². The van der Waals surface area contributed by atoms with Crippen molar-refractivity contribution in [2.75, 3.05) is 20.1 Å². The summed E-state index contributed by atoms with van der Waals surface area (Å²) in [4.78, 5) is 16.8. The summed E-state index contributed by atoms with van der Waals surface area (Å²) in [6.07, 6.45) is 2.38. The molecule has 0 aromatic carbocycles. The number of carbonyl (C=O) groups is 1. The first-order chi connectivity index (χ1) is 8.69. The fourth-order valence-corrected chi connectivity index (χ4v) is 3.21. The maximum absolute atomic E-state index is 12.6. The van der Waals surface area contributed by atoms with Gasteiger partial charge in [-0.1, -0.05) is 13.8 Å². The molecule has 0 radical (unpaired) electrons. The summed E-state index contributed by atoms with van der Waals surface area (Å²) < 4.78 is 0. The molecular formula is C15H31N3O. The van der Waals surface area contributed by atoms with Crippen LogP contribution in [0.1, 0.15) is 47.5 Å². The first-order valence-electron chi connectivity index (χ1n) is 7.42. The summed E-state index contributed by atoms with van der Waals surface area (Å²) in [5.74, 6) is 0.210. The average Bonchev–Trinajstić information content (AvgIpc) is 2.66. The van der Waals surface area contributed by atoms with Crippen LogP contribution in [-0.4, -0.2) is 54.0 Å². The molecule has 1 rings (SSSR count). The molecule has 0 saturated carbocycles. The van der Waals surface area contributed by atoms with Gasteiger partial charge in [0.15, 0.2) is 0 Å². The number of hydrogen-bond donors (Lipinski definition) is 1. The van der Waals surface area contributed by atoms with Gasteiger partial charge in [0.05, 0.1) is 6.04 Å². The highest BCUT2D eigenvalue weighted by molar-refractivity contribution is 5.81. The van der Waals surface area contributed by atoms with Gasteiger partial charge in [-0.3, -0.25) is 9.69 Å². The molecule has 1 saturated heterocycles. The number of rotatable bonds is 5. The molecule has 3 atom stereocenters. The second-order valence-corrected chi connectivity index (χ2v) is 6.96. The van der Waals surface area contributed by atoms with Gasteiger partial charge in [0.1, 0.15) is 0 Å². The van der Waals surface area contributed by atoms with E-state index in [0.717, 1.165) is 0 Å². The molecule has 1 amide bonds. The van der Waals surface area contributed by atoms with Crippen LogP contribution in [0.5, 0.6) is 0 Å². The number of nitrogens with two attached hydrogens (primary N) is 1. The van der Waals surface area contributed by atoms with Crippen molar-refractivity contribution in [2.45, 2.75) is 65.6 Å². The summed E-state index contributed by atoms with van der Waals surface area (Å²) >= 11 is 0. The Morgan fingerprint density at radius 2 is 1.84 bits per heavy atom. The molecule has 3 unspecified atom stereocenters. The third-order valence-electron chi connectivity index (χ3n) is 4.42. The molecule has 1 heterocycles. The van der Waals surface area contributed by atoms with Gasteiger partial charge >= 0.3 is 0 Å². The van der Waals surface area contributed by atoms with Crippen molar-refractivity contribution in [3.63, 3.8) is 0 Å². The lowest BCUT2D eigenvalue weighted by Gasteiger charge is -2.36. The van der Waals surface area contributed by atoms with Crippen LogP contribution in [0.3, 0.4) is 0 Å².